The average Bonchev–Trinajstić information content (AvgIpc) is 3.17. The summed E-state index contributed by atoms with van der Waals surface area (Å²) in [5.41, 5.74) is 2.58. The Hall–Kier alpha value is -3.04. The van der Waals surface area contributed by atoms with Crippen LogP contribution in [0.25, 0.3) is 5.78 Å². The van der Waals surface area contributed by atoms with Gasteiger partial charge in [-0.1, -0.05) is 48.0 Å². The van der Waals surface area contributed by atoms with Crippen LogP contribution in [-0.2, 0) is 22.8 Å². The van der Waals surface area contributed by atoms with Gasteiger partial charge in [0.1, 0.15) is 5.15 Å². The molecule has 0 saturated heterocycles. The highest BCUT2D eigenvalue weighted by Gasteiger charge is 2.22. The van der Waals surface area contributed by atoms with Crippen molar-refractivity contribution in [2.45, 2.75) is 25.0 Å². The Morgan fingerprint density at radius 2 is 1.80 bits per heavy atom. The summed E-state index contributed by atoms with van der Waals surface area (Å²) in [6, 6.07) is 13.0. The second-order valence-corrected chi connectivity index (χ2v) is 9.28. The molecule has 0 N–H and O–H groups in total. The number of nitrogens with zero attached hydrogens (tertiary/aromatic N) is 5. The first-order chi connectivity index (χ1) is 14.2. The Labute approximate surface area is 177 Å². The molecule has 1 aromatic carbocycles. The molecule has 0 fully saturated rings. The maximum absolute atomic E-state index is 13.2. The van der Waals surface area contributed by atoms with E-state index in [-0.39, 0.29) is 16.5 Å². The summed E-state index contributed by atoms with van der Waals surface area (Å²) in [6.07, 6.45) is 3.02. The van der Waals surface area contributed by atoms with Gasteiger partial charge in [0.05, 0.1) is 6.54 Å². The Morgan fingerprint density at radius 1 is 1.07 bits per heavy atom. The molecular weight excluding hydrogens is 426 g/mol. The van der Waals surface area contributed by atoms with Crippen LogP contribution in [0.1, 0.15) is 22.4 Å². The lowest BCUT2D eigenvalue weighted by molar-refractivity contribution is 0.592. The predicted molar refractivity (Wildman–Crippen MR) is 113 cm³/mol. The van der Waals surface area contributed by atoms with Crippen LogP contribution in [0.3, 0.4) is 0 Å². The number of rotatable bonds is 5. The highest BCUT2D eigenvalue weighted by Crippen LogP contribution is 2.17. The number of aromatic nitrogens is 5. The lowest BCUT2D eigenvalue weighted by Crippen LogP contribution is -2.26. The van der Waals surface area contributed by atoms with Crippen molar-refractivity contribution in [1.82, 2.24) is 24.1 Å². The van der Waals surface area contributed by atoms with Crippen molar-refractivity contribution in [3.8, 4) is 0 Å². The molecule has 0 bridgehead atoms. The minimum atomic E-state index is -3.69. The quantitative estimate of drug-likeness (QED) is 0.439. The Kier molecular flexibility index (Phi) is 5.17. The molecule has 3 aromatic heterocycles. The topological polar surface area (TPSA) is 99.2 Å². The van der Waals surface area contributed by atoms with Gasteiger partial charge in [0.25, 0.3) is 10.7 Å². The van der Waals surface area contributed by atoms with Crippen LogP contribution in [0.15, 0.2) is 58.6 Å². The predicted octanol–water partition coefficient (Wildman–Crippen LogP) is 2.29. The van der Waals surface area contributed by atoms with Gasteiger partial charge in [-0.2, -0.15) is 9.50 Å². The molecule has 154 valence electrons. The molecule has 0 amide bonds. The molecule has 3 heterocycles. The second kappa shape index (κ2) is 7.66. The largest absolute Gasteiger partial charge is 0.309 e. The highest BCUT2D eigenvalue weighted by atomic mass is 35.5. The summed E-state index contributed by atoms with van der Waals surface area (Å²) in [5, 5.41) is 3.97. The molecule has 4 rings (SSSR count). The van der Waals surface area contributed by atoms with Crippen molar-refractivity contribution < 1.29 is 8.42 Å². The van der Waals surface area contributed by atoms with E-state index >= 15 is 0 Å². The lowest BCUT2D eigenvalue weighted by Gasteiger charge is -2.15. The molecule has 0 radical (unpaired) electrons. The molecule has 0 saturated carbocycles. The average molecular weight is 444 g/mol. The number of hydrogen-bond donors (Lipinski definition) is 0. The minimum Gasteiger partial charge on any atom is -0.309 e. The number of fused-ring (bicyclic) bond motifs is 1. The summed E-state index contributed by atoms with van der Waals surface area (Å²) in [7, 11) is -3.69. The van der Waals surface area contributed by atoms with Crippen molar-refractivity contribution >= 4 is 27.2 Å². The Balaban J connectivity index is 1.95. The normalized spacial score (nSPS) is 11.8. The van der Waals surface area contributed by atoms with Gasteiger partial charge in [0.2, 0.25) is 15.6 Å². The van der Waals surface area contributed by atoms with Gasteiger partial charge in [-0.15, -0.1) is 5.10 Å². The fraction of sp³-hybridized carbons (Fsp3) is 0.200. The van der Waals surface area contributed by atoms with Crippen LogP contribution >= 0.6 is 11.6 Å². The standard InChI is InChI=1S/C20H18ClN5O3S/c1-13-16(10-14-6-4-3-5-7-14)18(27)26-20(23-19(24-26)30(2,28)29)25(13)12-15-8-9-17(21)22-11-15/h3-9,11H,10,12H2,1-2H3. The Bertz CT molecular complexity index is 1390. The molecular formula is C20H18ClN5O3S. The van der Waals surface area contributed by atoms with Gasteiger partial charge in [0, 0.05) is 30.1 Å². The Morgan fingerprint density at radius 3 is 2.43 bits per heavy atom. The first kappa shape index (κ1) is 20.2. The molecule has 0 aliphatic rings. The van der Waals surface area contributed by atoms with E-state index in [1.165, 1.54) is 0 Å². The zero-order valence-corrected chi connectivity index (χ0v) is 17.9. The lowest BCUT2D eigenvalue weighted by atomic mass is 10.0. The maximum Gasteiger partial charge on any atom is 0.279 e. The monoisotopic (exact) mass is 443 g/mol. The van der Waals surface area contributed by atoms with E-state index in [2.05, 4.69) is 15.1 Å². The zero-order valence-electron chi connectivity index (χ0n) is 16.3. The van der Waals surface area contributed by atoms with Crippen molar-refractivity contribution in [1.29, 1.82) is 0 Å². The van der Waals surface area contributed by atoms with Crippen LogP contribution in [0, 0.1) is 6.92 Å². The molecule has 0 spiro atoms. The van der Waals surface area contributed by atoms with E-state index in [0.29, 0.717) is 29.4 Å². The number of benzene rings is 1. The van der Waals surface area contributed by atoms with Gasteiger partial charge in [0.15, 0.2) is 0 Å². The van der Waals surface area contributed by atoms with Crippen LogP contribution in [0.5, 0.6) is 0 Å². The van der Waals surface area contributed by atoms with E-state index in [1.54, 1.807) is 16.8 Å². The van der Waals surface area contributed by atoms with Crippen LogP contribution in [0.4, 0.5) is 0 Å². The third-order valence-corrected chi connectivity index (χ3v) is 5.85. The SMILES string of the molecule is Cc1c(Cc2ccccc2)c(=O)n2nc(S(C)(=O)=O)nc2n1Cc1ccc(Cl)nc1. The molecule has 0 aliphatic heterocycles. The first-order valence-electron chi connectivity index (χ1n) is 9.07. The fourth-order valence-corrected chi connectivity index (χ4v) is 3.81. The number of pyridine rings is 1. The van der Waals surface area contributed by atoms with Crippen LogP contribution < -0.4 is 5.56 Å². The van der Waals surface area contributed by atoms with Gasteiger partial charge >= 0.3 is 0 Å². The van der Waals surface area contributed by atoms with Gasteiger partial charge in [-0.05, 0) is 24.1 Å². The third-order valence-electron chi connectivity index (χ3n) is 4.79. The van der Waals surface area contributed by atoms with Crippen LogP contribution in [-0.4, -0.2) is 38.8 Å². The summed E-state index contributed by atoms with van der Waals surface area (Å²) in [6.45, 7) is 2.14. The van der Waals surface area contributed by atoms with Crippen LogP contribution in [0.2, 0.25) is 5.15 Å². The number of sulfone groups is 1. The first-order valence-corrected chi connectivity index (χ1v) is 11.3. The van der Waals surface area contributed by atoms with Crippen molar-refractivity contribution in [2.24, 2.45) is 0 Å². The van der Waals surface area contributed by atoms with Crippen molar-refractivity contribution in [2.75, 3.05) is 6.26 Å². The van der Waals surface area contributed by atoms with E-state index in [4.69, 9.17) is 11.6 Å². The van der Waals surface area contributed by atoms with Crippen molar-refractivity contribution in [3.63, 3.8) is 0 Å². The van der Waals surface area contributed by atoms with E-state index in [0.717, 1.165) is 21.9 Å². The third kappa shape index (κ3) is 3.86. The molecule has 8 nitrogen and oxygen atoms in total. The summed E-state index contributed by atoms with van der Waals surface area (Å²) in [4.78, 5) is 21.4. The van der Waals surface area contributed by atoms with E-state index in [1.807, 2.05) is 43.3 Å². The molecule has 4 aromatic rings. The fourth-order valence-electron chi connectivity index (χ4n) is 3.22. The number of hydrogen-bond acceptors (Lipinski definition) is 6. The summed E-state index contributed by atoms with van der Waals surface area (Å²) in [5.74, 6) is 0.157. The van der Waals surface area contributed by atoms with Gasteiger partial charge in [-0.3, -0.25) is 4.79 Å². The minimum absolute atomic E-state index is 0.157. The maximum atomic E-state index is 13.2. The molecule has 0 unspecified atom stereocenters. The molecule has 0 atom stereocenters. The van der Waals surface area contributed by atoms with Crippen molar-refractivity contribution in [3.05, 3.63) is 86.6 Å². The number of halogens is 1. The summed E-state index contributed by atoms with van der Waals surface area (Å²) >= 11 is 5.88. The second-order valence-electron chi connectivity index (χ2n) is 6.99. The van der Waals surface area contributed by atoms with E-state index < -0.39 is 9.84 Å². The van der Waals surface area contributed by atoms with E-state index in [9.17, 15) is 13.2 Å². The smallest absolute Gasteiger partial charge is 0.279 e. The highest BCUT2D eigenvalue weighted by molar-refractivity contribution is 7.90. The molecule has 0 aliphatic carbocycles. The summed E-state index contributed by atoms with van der Waals surface area (Å²) < 4.78 is 26.8. The molecule has 30 heavy (non-hydrogen) atoms. The van der Waals surface area contributed by atoms with Gasteiger partial charge in [-0.25, -0.2) is 13.4 Å². The van der Waals surface area contributed by atoms with Gasteiger partial charge < -0.3 is 4.57 Å². The zero-order chi connectivity index (χ0) is 21.5. The molecule has 10 heteroatoms.